The highest BCUT2D eigenvalue weighted by molar-refractivity contribution is 7.46. The molecule has 96 valence electrons. The van der Waals surface area contributed by atoms with Gasteiger partial charge in [0.15, 0.2) is 12.5 Å². The van der Waals surface area contributed by atoms with Gasteiger partial charge >= 0.3 is 7.82 Å². The van der Waals surface area contributed by atoms with Gasteiger partial charge in [-0.2, -0.15) is 0 Å². The Labute approximate surface area is 89.5 Å². The van der Waals surface area contributed by atoms with Crippen LogP contribution in [0.2, 0.25) is 0 Å². The molecule has 16 heavy (non-hydrogen) atoms. The second-order valence-electron chi connectivity index (χ2n) is 3.28. The molecule has 1 aliphatic rings. The van der Waals surface area contributed by atoms with Gasteiger partial charge in [0.2, 0.25) is 0 Å². The Bertz CT molecular complexity index is 282. The van der Waals surface area contributed by atoms with Gasteiger partial charge in [-0.1, -0.05) is 0 Å². The van der Waals surface area contributed by atoms with Crippen LogP contribution in [0, 0.1) is 0 Å². The van der Waals surface area contributed by atoms with Gasteiger partial charge in [-0.15, -0.1) is 0 Å². The smallest absolute Gasteiger partial charge is 0.387 e. The highest BCUT2D eigenvalue weighted by atomic mass is 31.2. The molecular weight excluding hydrogens is 250 g/mol. The molecular formula is C6H12FO8P. The SMILES string of the molecule is O=P(O)(O)OC[C@H]1O[C@@H](O)[C@@H](F)[C@@H](O)[C@@H]1O. The molecule has 0 unspecified atom stereocenters. The molecule has 0 radical (unpaired) electrons. The molecule has 1 heterocycles. The van der Waals surface area contributed by atoms with Crippen LogP contribution in [0.15, 0.2) is 0 Å². The lowest BCUT2D eigenvalue weighted by atomic mass is 10.0. The summed E-state index contributed by atoms with van der Waals surface area (Å²) in [6, 6.07) is 0. The summed E-state index contributed by atoms with van der Waals surface area (Å²) in [6.07, 6.45) is -9.26. The van der Waals surface area contributed by atoms with Gasteiger partial charge in [0, 0.05) is 0 Å². The third-order valence-corrected chi connectivity index (χ3v) is 2.54. The fourth-order valence-electron chi connectivity index (χ4n) is 1.22. The highest BCUT2D eigenvalue weighted by Gasteiger charge is 2.44. The molecule has 10 heteroatoms. The first-order chi connectivity index (χ1) is 7.22. The fraction of sp³-hybridized carbons (Fsp3) is 1.00. The van der Waals surface area contributed by atoms with Gasteiger partial charge in [-0.3, -0.25) is 4.52 Å². The molecule has 0 spiro atoms. The summed E-state index contributed by atoms with van der Waals surface area (Å²) in [5.41, 5.74) is 0. The number of aliphatic hydroxyl groups is 3. The molecule has 0 aromatic rings. The van der Waals surface area contributed by atoms with E-state index >= 15 is 0 Å². The van der Waals surface area contributed by atoms with Crippen LogP contribution in [0.4, 0.5) is 4.39 Å². The lowest BCUT2D eigenvalue weighted by Crippen LogP contribution is -2.57. The van der Waals surface area contributed by atoms with Gasteiger partial charge in [0.05, 0.1) is 6.61 Å². The topological polar surface area (TPSA) is 137 Å². The van der Waals surface area contributed by atoms with Crippen molar-refractivity contribution in [2.75, 3.05) is 6.61 Å². The van der Waals surface area contributed by atoms with Crippen molar-refractivity contribution in [3.8, 4) is 0 Å². The van der Waals surface area contributed by atoms with Gasteiger partial charge in [-0.25, -0.2) is 8.96 Å². The number of phosphoric ester groups is 1. The Kier molecular flexibility index (Phi) is 4.38. The molecule has 0 bridgehead atoms. The van der Waals surface area contributed by atoms with Crippen LogP contribution >= 0.6 is 7.82 Å². The van der Waals surface area contributed by atoms with Crippen LogP contribution in [-0.2, 0) is 13.8 Å². The molecule has 5 N–H and O–H groups in total. The second-order valence-corrected chi connectivity index (χ2v) is 4.52. The van der Waals surface area contributed by atoms with Crippen molar-refractivity contribution < 1.29 is 43.3 Å². The van der Waals surface area contributed by atoms with E-state index in [0.29, 0.717) is 0 Å². The Morgan fingerprint density at radius 2 is 1.81 bits per heavy atom. The summed E-state index contributed by atoms with van der Waals surface area (Å²) in [6.45, 7) is -0.785. The average molecular weight is 262 g/mol. The average Bonchev–Trinajstić information content (AvgIpc) is 2.17. The van der Waals surface area contributed by atoms with E-state index < -0.39 is 45.2 Å². The first kappa shape index (κ1) is 13.9. The Balaban J connectivity index is 2.57. The number of hydrogen-bond donors (Lipinski definition) is 5. The molecule has 1 aliphatic heterocycles. The summed E-state index contributed by atoms with van der Waals surface area (Å²) in [5.74, 6) is 0. The highest BCUT2D eigenvalue weighted by Crippen LogP contribution is 2.36. The lowest BCUT2D eigenvalue weighted by molar-refractivity contribution is -0.270. The maximum Gasteiger partial charge on any atom is 0.469 e. The van der Waals surface area contributed by atoms with Gasteiger partial charge in [-0.05, 0) is 0 Å². The predicted molar refractivity (Wildman–Crippen MR) is 45.8 cm³/mol. The summed E-state index contributed by atoms with van der Waals surface area (Å²) >= 11 is 0. The Morgan fingerprint density at radius 3 is 2.31 bits per heavy atom. The van der Waals surface area contributed by atoms with Crippen molar-refractivity contribution >= 4 is 7.82 Å². The summed E-state index contributed by atoms with van der Waals surface area (Å²) in [4.78, 5) is 16.7. The maximum atomic E-state index is 12.9. The lowest BCUT2D eigenvalue weighted by Gasteiger charge is -2.36. The van der Waals surface area contributed by atoms with E-state index in [4.69, 9.17) is 20.0 Å². The molecule has 8 nitrogen and oxygen atoms in total. The van der Waals surface area contributed by atoms with Crippen LogP contribution in [0.3, 0.4) is 0 Å². The van der Waals surface area contributed by atoms with Crippen molar-refractivity contribution in [1.82, 2.24) is 0 Å². The molecule has 1 rings (SSSR count). The van der Waals surface area contributed by atoms with E-state index in [2.05, 4.69) is 9.26 Å². The number of phosphoric acid groups is 1. The van der Waals surface area contributed by atoms with Crippen molar-refractivity contribution in [3.05, 3.63) is 0 Å². The Morgan fingerprint density at radius 1 is 1.25 bits per heavy atom. The maximum absolute atomic E-state index is 12.9. The first-order valence-corrected chi connectivity index (χ1v) is 5.79. The van der Waals surface area contributed by atoms with E-state index in [1.54, 1.807) is 0 Å². The van der Waals surface area contributed by atoms with E-state index in [-0.39, 0.29) is 0 Å². The van der Waals surface area contributed by atoms with Crippen molar-refractivity contribution in [2.24, 2.45) is 0 Å². The summed E-state index contributed by atoms with van der Waals surface area (Å²) in [5, 5.41) is 27.3. The number of rotatable bonds is 3. The molecule has 0 aliphatic carbocycles. The normalized spacial score (nSPS) is 41.0. The van der Waals surface area contributed by atoms with Crippen molar-refractivity contribution in [1.29, 1.82) is 0 Å². The number of ether oxygens (including phenoxy) is 1. The third-order valence-electron chi connectivity index (χ3n) is 2.05. The first-order valence-electron chi connectivity index (χ1n) is 4.26. The molecule has 1 fully saturated rings. The zero-order chi connectivity index (χ0) is 12.5. The van der Waals surface area contributed by atoms with Crippen LogP contribution in [-0.4, -0.2) is 62.5 Å². The number of aliphatic hydroxyl groups excluding tert-OH is 3. The molecule has 0 saturated carbocycles. The van der Waals surface area contributed by atoms with Crippen molar-refractivity contribution in [3.63, 3.8) is 0 Å². The zero-order valence-corrected chi connectivity index (χ0v) is 8.77. The zero-order valence-electron chi connectivity index (χ0n) is 7.88. The minimum absolute atomic E-state index is 0.785. The molecule has 0 aromatic heterocycles. The quantitative estimate of drug-likeness (QED) is 0.364. The molecule has 5 atom stereocenters. The second kappa shape index (κ2) is 5.03. The van der Waals surface area contributed by atoms with Crippen LogP contribution in [0.1, 0.15) is 0 Å². The van der Waals surface area contributed by atoms with Gasteiger partial charge in [0.1, 0.15) is 18.3 Å². The minimum Gasteiger partial charge on any atom is -0.387 e. The minimum atomic E-state index is -4.76. The van der Waals surface area contributed by atoms with E-state index in [1.165, 1.54) is 0 Å². The van der Waals surface area contributed by atoms with Crippen molar-refractivity contribution in [2.45, 2.75) is 30.8 Å². The van der Waals surface area contributed by atoms with Gasteiger partial charge in [0.25, 0.3) is 0 Å². The molecule has 0 aromatic carbocycles. The van der Waals surface area contributed by atoms with Crippen LogP contribution < -0.4 is 0 Å². The summed E-state index contributed by atoms with van der Waals surface area (Å²) < 4.78 is 31.7. The standard InChI is InChI=1S/C6H12FO8P/c7-3-5(9)4(8)2(15-6(3)10)1-14-16(11,12)13/h2-6,8-10H,1H2,(H2,11,12,13)/t2-,3+,4-,5-,6-/m1/s1. The molecule has 0 amide bonds. The fourth-order valence-corrected chi connectivity index (χ4v) is 1.56. The van der Waals surface area contributed by atoms with Gasteiger partial charge < -0.3 is 29.8 Å². The number of hydrogen-bond acceptors (Lipinski definition) is 6. The van der Waals surface area contributed by atoms with Crippen LogP contribution in [0.5, 0.6) is 0 Å². The third kappa shape index (κ3) is 3.44. The van der Waals surface area contributed by atoms with E-state index in [9.17, 15) is 14.1 Å². The van der Waals surface area contributed by atoms with E-state index in [0.717, 1.165) is 0 Å². The predicted octanol–water partition coefficient (Wildman–Crippen LogP) is -2.13. The largest absolute Gasteiger partial charge is 0.469 e. The van der Waals surface area contributed by atoms with Crippen LogP contribution in [0.25, 0.3) is 0 Å². The molecule has 1 saturated heterocycles. The van der Waals surface area contributed by atoms with E-state index in [1.807, 2.05) is 0 Å². The number of halogens is 1. The monoisotopic (exact) mass is 262 g/mol. The number of alkyl halides is 1. The Hall–Kier alpha value is -0.120. The summed E-state index contributed by atoms with van der Waals surface area (Å²) in [7, 11) is -4.76.